The first-order valence-electron chi connectivity index (χ1n) is 12.5. The molecule has 0 atom stereocenters. The highest BCUT2D eigenvalue weighted by molar-refractivity contribution is 5.85. The molecule has 4 heterocycles. The van der Waals surface area contributed by atoms with Gasteiger partial charge < -0.3 is 23.9 Å². The normalized spacial score (nSPS) is 10.0. The zero-order valence-corrected chi connectivity index (χ0v) is 24.2. The van der Waals surface area contributed by atoms with Crippen LogP contribution in [0.15, 0.2) is 61.2 Å². The highest BCUT2D eigenvalue weighted by Gasteiger charge is 2.12. The van der Waals surface area contributed by atoms with Crippen LogP contribution in [0.25, 0.3) is 0 Å². The third-order valence-electron chi connectivity index (χ3n) is 5.86. The molecule has 4 aromatic rings. The maximum absolute atomic E-state index is 5.99. The molecule has 0 saturated carbocycles. The van der Waals surface area contributed by atoms with E-state index in [2.05, 4.69) is 68.9 Å². The molecule has 0 aromatic carbocycles. The van der Waals surface area contributed by atoms with E-state index in [1.54, 1.807) is 0 Å². The summed E-state index contributed by atoms with van der Waals surface area (Å²) >= 11 is 0. The van der Waals surface area contributed by atoms with Crippen molar-refractivity contribution in [3.63, 3.8) is 0 Å². The van der Waals surface area contributed by atoms with E-state index in [1.807, 2.05) is 49.1 Å². The maximum Gasteiger partial charge on any atom is 0.179 e. The molecule has 4 aromatic heterocycles. The van der Waals surface area contributed by atoms with Gasteiger partial charge in [-0.25, -0.2) is 19.9 Å². The number of halogens is 2. The number of pyridine rings is 2. The minimum atomic E-state index is 0. The highest BCUT2D eigenvalue weighted by atomic mass is 35.5. The highest BCUT2D eigenvalue weighted by Crippen LogP contribution is 2.09. The Hall–Kier alpha value is -3.36. The number of rotatable bonds is 8. The van der Waals surface area contributed by atoms with Crippen molar-refractivity contribution in [2.24, 2.45) is 0 Å². The molecule has 0 aliphatic carbocycles. The second-order valence-corrected chi connectivity index (χ2v) is 8.83. The van der Waals surface area contributed by atoms with Gasteiger partial charge in [0.1, 0.15) is 23.3 Å². The predicted molar refractivity (Wildman–Crippen MR) is 149 cm³/mol. The molecule has 8 nitrogen and oxygen atoms in total. The van der Waals surface area contributed by atoms with Crippen LogP contribution in [0.3, 0.4) is 0 Å². The number of nitrogens with two attached hydrogens (primary N) is 2. The first-order valence-corrected chi connectivity index (χ1v) is 12.5. The van der Waals surface area contributed by atoms with Gasteiger partial charge in [-0.1, -0.05) is 26.0 Å². The van der Waals surface area contributed by atoms with Crippen LogP contribution in [-0.4, -0.2) is 19.9 Å². The first kappa shape index (κ1) is 32.7. The Labute approximate surface area is 238 Å². The van der Waals surface area contributed by atoms with Gasteiger partial charge in [-0.05, 0) is 12.8 Å². The van der Waals surface area contributed by atoms with Gasteiger partial charge in [-0.3, -0.25) is 0 Å². The van der Waals surface area contributed by atoms with Gasteiger partial charge >= 0.3 is 0 Å². The van der Waals surface area contributed by atoms with E-state index in [0.717, 1.165) is 48.5 Å². The number of hydrogen-bond donors (Lipinski definition) is 2. The van der Waals surface area contributed by atoms with Crippen molar-refractivity contribution in [3.05, 3.63) is 95.3 Å². The van der Waals surface area contributed by atoms with Gasteiger partial charge in [0.2, 0.25) is 0 Å². The Balaban J connectivity index is 0.000000361. The monoisotopic (exact) mass is 557 g/mol. The Bertz CT molecular complexity index is 1180. The molecule has 38 heavy (non-hydrogen) atoms. The summed E-state index contributed by atoms with van der Waals surface area (Å²) in [5.74, 6) is 2.83. The molecule has 0 aliphatic rings. The van der Waals surface area contributed by atoms with Crippen molar-refractivity contribution in [3.8, 4) is 0 Å². The van der Waals surface area contributed by atoms with Crippen LogP contribution >= 0.6 is 12.4 Å². The van der Waals surface area contributed by atoms with Crippen LogP contribution in [0.1, 0.15) is 60.9 Å². The van der Waals surface area contributed by atoms with Crippen LogP contribution in [-0.2, 0) is 25.9 Å². The van der Waals surface area contributed by atoms with Crippen molar-refractivity contribution < 1.29 is 21.5 Å². The quantitative estimate of drug-likeness (QED) is 0.309. The number of nitrogens with zero attached hydrogens (tertiary/aromatic N) is 6. The molecule has 4 rings (SSSR count). The van der Waals surface area contributed by atoms with Crippen LogP contribution in [0, 0.1) is 13.8 Å². The van der Waals surface area contributed by atoms with Gasteiger partial charge in [0.05, 0.1) is 11.1 Å². The Morgan fingerprint density at radius 2 is 1.08 bits per heavy atom. The lowest BCUT2D eigenvalue weighted by molar-refractivity contribution is -0.694. The number of aryl methyl sites for hydroxylation is 4. The fourth-order valence-electron chi connectivity index (χ4n) is 3.69. The minimum absolute atomic E-state index is 0. The molecule has 0 unspecified atom stereocenters. The van der Waals surface area contributed by atoms with Gasteiger partial charge in [0, 0.05) is 63.3 Å². The first-order chi connectivity index (χ1) is 17.4. The Morgan fingerprint density at radius 3 is 1.39 bits per heavy atom. The van der Waals surface area contributed by atoms with Gasteiger partial charge in [-0.2, -0.15) is 9.13 Å². The maximum atomic E-state index is 5.99. The zero-order valence-electron chi connectivity index (χ0n) is 22.6. The van der Waals surface area contributed by atoms with Gasteiger partial charge in [-0.15, -0.1) is 12.4 Å². The van der Waals surface area contributed by atoms with E-state index in [1.165, 1.54) is 11.4 Å². The molecule has 4 N–H and O–H groups in total. The average Bonchev–Trinajstić information content (AvgIpc) is 2.86. The summed E-state index contributed by atoms with van der Waals surface area (Å²) in [6, 6.07) is 12.2. The van der Waals surface area contributed by atoms with E-state index in [-0.39, 0.29) is 24.8 Å². The lowest BCUT2D eigenvalue weighted by Crippen LogP contribution is -3.00. The van der Waals surface area contributed by atoms with Crippen LogP contribution in [0.4, 0.5) is 11.6 Å². The molecule has 0 amide bonds. The van der Waals surface area contributed by atoms with Gasteiger partial charge in [0.15, 0.2) is 36.9 Å². The fourth-order valence-corrected chi connectivity index (χ4v) is 3.69. The molecule has 0 spiro atoms. The van der Waals surface area contributed by atoms with Crippen molar-refractivity contribution in [2.45, 2.75) is 66.5 Å². The number of hydrogen-bond acceptors (Lipinski definition) is 6. The summed E-state index contributed by atoms with van der Waals surface area (Å²) < 4.78 is 4.27. The lowest BCUT2D eigenvalue weighted by atomic mass is 10.2. The molecule has 0 aliphatic heterocycles. The number of aromatic nitrogens is 6. The molecule has 0 saturated heterocycles. The second-order valence-electron chi connectivity index (χ2n) is 8.83. The average molecular weight is 559 g/mol. The molecule has 204 valence electrons. The van der Waals surface area contributed by atoms with Crippen molar-refractivity contribution in [1.29, 1.82) is 0 Å². The third-order valence-corrected chi connectivity index (χ3v) is 5.86. The minimum Gasteiger partial charge on any atom is -1.00 e. The van der Waals surface area contributed by atoms with E-state index in [0.29, 0.717) is 24.7 Å². The van der Waals surface area contributed by atoms with Crippen molar-refractivity contribution >= 4 is 24.0 Å². The molecule has 0 bridgehead atoms. The van der Waals surface area contributed by atoms with E-state index in [4.69, 9.17) is 11.5 Å². The number of nitrogen functional groups attached to an aromatic ring is 2. The summed E-state index contributed by atoms with van der Waals surface area (Å²) in [5, 5.41) is 0. The third kappa shape index (κ3) is 9.50. The van der Waals surface area contributed by atoms with Crippen LogP contribution in [0.2, 0.25) is 0 Å². The summed E-state index contributed by atoms with van der Waals surface area (Å²) in [7, 11) is 0. The summed E-state index contributed by atoms with van der Waals surface area (Å²) in [4.78, 5) is 17.4. The summed E-state index contributed by atoms with van der Waals surface area (Å²) in [6.07, 6.45) is 11.6. The lowest BCUT2D eigenvalue weighted by Gasteiger charge is -2.05. The van der Waals surface area contributed by atoms with Crippen LogP contribution < -0.4 is 33.0 Å². The van der Waals surface area contributed by atoms with Crippen molar-refractivity contribution in [2.75, 3.05) is 11.5 Å². The summed E-state index contributed by atoms with van der Waals surface area (Å²) in [6.45, 7) is 9.79. The molecule has 0 fully saturated rings. The Kier molecular flexibility index (Phi) is 14.2. The smallest absolute Gasteiger partial charge is 0.179 e. The molecule has 0 radical (unpaired) electrons. The fraction of sp³-hybridized carbons (Fsp3) is 0.357. The predicted octanol–water partition coefficient (Wildman–Crippen LogP) is 0.737. The Morgan fingerprint density at radius 1 is 0.684 bits per heavy atom. The largest absolute Gasteiger partial charge is 1.00 e. The molecule has 10 heteroatoms. The summed E-state index contributed by atoms with van der Waals surface area (Å²) in [5.41, 5.74) is 16.3. The van der Waals surface area contributed by atoms with Crippen molar-refractivity contribution in [1.82, 2.24) is 19.9 Å². The second kappa shape index (κ2) is 16.5. The standard InChI is InChI=1S/2C14H19N4.2ClH/c2*1-3-6-13-16-9-12(14(15)17-13)10-18-8-5-4-7-11(18)2;;/h2*4-5,7-9H,3,6,10H2,1-2H3,(H2,15,16,17);2*1H/q2*+1;;/p-1. The van der Waals surface area contributed by atoms with Crippen LogP contribution in [0.5, 0.6) is 0 Å². The molecular formula is C28H39Cl2N8+. The number of anilines is 2. The van der Waals surface area contributed by atoms with E-state index < -0.39 is 0 Å². The SMILES string of the molecule is CCCc1ncc(C[n+]2ccccc2C)c(N)n1.CCCc1ncc(C[n+]2ccccc2C)c(N)n1.Cl.[Cl-]. The topological polar surface area (TPSA) is 111 Å². The van der Waals surface area contributed by atoms with E-state index >= 15 is 0 Å². The molecular weight excluding hydrogens is 519 g/mol. The zero-order chi connectivity index (χ0) is 25.9. The van der Waals surface area contributed by atoms with E-state index in [9.17, 15) is 0 Å². The van der Waals surface area contributed by atoms with Gasteiger partial charge in [0.25, 0.3) is 0 Å².